The first kappa shape index (κ1) is 17.1. The summed E-state index contributed by atoms with van der Waals surface area (Å²) in [6.07, 6.45) is 2.99. The zero-order valence-electron chi connectivity index (χ0n) is 13.7. The van der Waals surface area contributed by atoms with E-state index < -0.39 is 17.4 Å². The summed E-state index contributed by atoms with van der Waals surface area (Å²) >= 11 is 0. The quantitative estimate of drug-likeness (QED) is 0.870. The van der Waals surface area contributed by atoms with E-state index in [2.05, 4.69) is 5.32 Å². The molecular formula is C17H23NO5. The van der Waals surface area contributed by atoms with Crippen LogP contribution in [-0.4, -0.2) is 36.7 Å². The summed E-state index contributed by atoms with van der Waals surface area (Å²) in [7, 11) is 3.02. The van der Waals surface area contributed by atoms with Gasteiger partial charge in [-0.1, -0.05) is 12.8 Å². The summed E-state index contributed by atoms with van der Waals surface area (Å²) in [6.45, 7) is 1.80. The monoisotopic (exact) mass is 321 g/mol. The lowest BCUT2D eigenvalue weighted by Gasteiger charge is -2.39. The van der Waals surface area contributed by atoms with Gasteiger partial charge >= 0.3 is 5.97 Å². The van der Waals surface area contributed by atoms with Crippen molar-refractivity contribution < 1.29 is 24.2 Å². The van der Waals surface area contributed by atoms with Crippen molar-refractivity contribution in [2.45, 2.75) is 38.1 Å². The Balaban J connectivity index is 2.25. The molecule has 0 spiro atoms. The highest BCUT2D eigenvalue weighted by molar-refractivity contribution is 5.98. The van der Waals surface area contributed by atoms with Gasteiger partial charge in [0.05, 0.1) is 31.2 Å². The van der Waals surface area contributed by atoms with E-state index in [0.29, 0.717) is 29.9 Å². The third-order valence-electron chi connectivity index (χ3n) is 4.56. The maximum atomic E-state index is 12.6. The number of carboxylic acid groups (broad SMARTS) is 1. The highest BCUT2D eigenvalue weighted by Crippen LogP contribution is 2.35. The Bertz CT molecular complexity index is 601. The molecule has 2 rings (SSSR count). The van der Waals surface area contributed by atoms with E-state index in [9.17, 15) is 14.7 Å². The Morgan fingerprint density at radius 2 is 2.00 bits per heavy atom. The number of methoxy groups -OCH3 is 2. The van der Waals surface area contributed by atoms with E-state index in [-0.39, 0.29) is 5.91 Å². The SMILES string of the molecule is COc1ccc(C(=O)NC2(C)CCCCC2C(=O)O)c(OC)c1. The maximum absolute atomic E-state index is 12.6. The molecule has 2 unspecified atom stereocenters. The van der Waals surface area contributed by atoms with Gasteiger partial charge in [-0.05, 0) is 31.9 Å². The Morgan fingerprint density at radius 3 is 2.61 bits per heavy atom. The molecule has 1 amide bonds. The van der Waals surface area contributed by atoms with Gasteiger partial charge in [0.1, 0.15) is 11.5 Å². The summed E-state index contributed by atoms with van der Waals surface area (Å²) in [4.78, 5) is 24.1. The fourth-order valence-electron chi connectivity index (χ4n) is 3.19. The van der Waals surface area contributed by atoms with E-state index in [1.807, 2.05) is 0 Å². The molecule has 0 bridgehead atoms. The number of hydrogen-bond acceptors (Lipinski definition) is 4. The average molecular weight is 321 g/mol. The van der Waals surface area contributed by atoms with Crippen molar-refractivity contribution in [1.82, 2.24) is 5.32 Å². The molecule has 1 aromatic rings. The minimum absolute atomic E-state index is 0.333. The van der Waals surface area contributed by atoms with Gasteiger partial charge in [-0.15, -0.1) is 0 Å². The van der Waals surface area contributed by atoms with Crippen LogP contribution in [0.15, 0.2) is 18.2 Å². The predicted octanol–water partition coefficient (Wildman–Crippen LogP) is 2.47. The second kappa shape index (κ2) is 6.89. The molecule has 0 heterocycles. The van der Waals surface area contributed by atoms with Crippen molar-refractivity contribution in [2.24, 2.45) is 5.92 Å². The van der Waals surface area contributed by atoms with Crippen LogP contribution in [-0.2, 0) is 4.79 Å². The van der Waals surface area contributed by atoms with Crippen LogP contribution in [0.2, 0.25) is 0 Å². The third-order valence-corrected chi connectivity index (χ3v) is 4.56. The molecule has 0 aromatic heterocycles. The van der Waals surface area contributed by atoms with Crippen molar-refractivity contribution >= 4 is 11.9 Å². The van der Waals surface area contributed by atoms with Gasteiger partial charge in [0.25, 0.3) is 5.91 Å². The molecule has 23 heavy (non-hydrogen) atoms. The van der Waals surface area contributed by atoms with Crippen LogP contribution in [0.5, 0.6) is 11.5 Å². The van der Waals surface area contributed by atoms with Crippen molar-refractivity contribution in [1.29, 1.82) is 0 Å². The largest absolute Gasteiger partial charge is 0.497 e. The number of carbonyl (C=O) groups excluding carboxylic acids is 1. The Morgan fingerprint density at radius 1 is 1.26 bits per heavy atom. The number of ether oxygens (including phenoxy) is 2. The van der Waals surface area contributed by atoms with Crippen LogP contribution < -0.4 is 14.8 Å². The molecule has 0 saturated heterocycles. The summed E-state index contributed by atoms with van der Waals surface area (Å²) in [6, 6.07) is 4.93. The predicted molar refractivity (Wildman–Crippen MR) is 85.0 cm³/mol. The zero-order chi connectivity index (χ0) is 17.0. The number of benzene rings is 1. The number of nitrogens with one attached hydrogen (secondary N) is 1. The first-order chi connectivity index (χ1) is 10.9. The van der Waals surface area contributed by atoms with Gasteiger partial charge < -0.3 is 19.9 Å². The average Bonchev–Trinajstić information content (AvgIpc) is 2.53. The van der Waals surface area contributed by atoms with Crippen LogP contribution in [0.4, 0.5) is 0 Å². The molecule has 2 atom stereocenters. The molecule has 0 aliphatic heterocycles. The van der Waals surface area contributed by atoms with Crippen molar-refractivity contribution in [2.75, 3.05) is 14.2 Å². The molecular weight excluding hydrogens is 298 g/mol. The van der Waals surface area contributed by atoms with Crippen molar-refractivity contribution in [3.63, 3.8) is 0 Å². The summed E-state index contributed by atoms with van der Waals surface area (Å²) in [5.41, 5.74) is -0.393. The van der Waals surface area contributed by atoms with E-state index in [0.717, 1.165) is 12.8 Å². The highest BCUT2D eigenvalue weighted by Gasteiger charge is 2.42. The van der Waals surface area contributed by atoms with Gasteiger partial charge in [0.15, 0.2) is 0 Å². The van der Waals surface area contributed by atoms with Crippen LogP contribution in [0.1, 0.15) is 43.0 Å². The van der Waals surface area contributed by atoms with Crippen LogP contribution in [0.25, 0.3) is 0 Å². The smallest absolute Gasteiger partial charge is 0.308 e. The van der Waals surface area contributed by atoms with E-state index in [1.165, 1.54) is 14.2 Å². The molecule has 6 heteroatoms. The first-order valence-electron chi connectivity index (χ1n) is 7.68. The lowest BCUT2D eigenvalue weighted by atomic mass is 9.73. The number of carboxylic acids is 1. The molecule has 1 aliphatic rings. The highest BCUT2D eigenvalue weighted by atomic mass is 16.5. The first-order valence-corrected chi connectivity index (χ1v) is 7.68. The summed E-state index contributed by atoms with van der Waals surface area (Å²) in [5, 5.41) is 12.3. The molecule has 1 aliphatic carbocycles. The summed E-state index contributed by atoms with van der Waals surface area (Å²) < 4.78 is 10.4. The molecule has 126 valence electrons. The number of aliphatic carboxylic acids is 1. The van der Waals surface area contributed by atoms with Gasteiger partial charge in [-0.3, -0.25) is 9.59 Å². The maximum Gasteiger partial charge on any atom is 0.308 e. The van der Waals surface area contributed by atoms with Crippen LogP contribution in [0.3, 0.4) is 0 Å². The Labute approximate surface area is 135 Å². The zero-order valence-corrected chi connectivity index (χ0v) is 13.7. The lowest BCUT2D eigenvalue weighted by Crippen LogP contribution is -2.55. The van der Waals surface area contributed by atoms with Crippen molar-refractivity contribution in [3.8, 4) is 11.5 Å². The minimum Gasteiger partial charge on any atom is -0.497 e. The van der Waals surface area contributed by atoms with Crippen LogP contribution in [0, 0.1) is 5.92 Å². The van der Waals surface area contributed by atoms with Crippen molar-refractivity contribution in [3.05, 3.63) is 23.8 Å². The fraction of sp³-hybridized carbons (Fsp3) is 0.529. The van der Waals surface area contributed by atoms with Crippen LogP contribution >= 0.6 is 0 Å². The van der Waals surface area contributed by atoms with Gasteiger partial charge in [0.2, 0.25) is 0 Å². The number of amides is 1. The molecule has 6 nitrogen and oxygen atoms in total. The Kier molecular flexibility index (Phi) is 5.13. The number of rotatable bonds is 5. The molecule has 0 radical (unpaired) electrons. The molecule has 1 fully saturated rings. The minimum atomic E-state index is -0.866. The number of hydrogen-bond donors (Lipinski definition) is 2. The van der Waals surface area contributed by atoms with Gasteiger partial charge in [0, 0.05) is 6.07 Å². The molecule has 1 aromatic carbocycles. The second-order valence-corrected chi connectivity index (χ2v) is 6.07. The Hall–Kier alpha value is -2.24. The normalized spacial score (nSPS) is 23.9. The molecule has 2 N–H and O–H groups in total. The van der Waals surface area contributed by atoms with Gasteiger partial charge in [-0.25, -0.2) is 0 Å². The number of carbonyl (C=O) groups is 2. The molecule has 1 saturated carbocycles. The third kappa shape index (κ3) is 3.57. The standard InChI is InChI=1S/C17H23NO5/c1-17(9-5-4-6-13(17)16(20)21)18-15(19)12-8-7-11(22-2)10-14(12)23-3/h7-8,10,13H,4-6,9H2,1-3H3,(H,18,19)(H,20,21). The van der Waals surface area contributed by atoms with E-state index in [1.54, 1.807) is 25.1 Å². The fourth-order valence-corrected chi connectivity index (χ4v) is 3.19. The van der Waals surface area contributed by atoms with Gasteiger partial charge in [-0.2, -0.15) is 0 Å². The second-order valence-electron chi connectivity index (χ2n) is 6.07. The van der Waals surface area contributed by atoms with E-state index in [4.69, 9.17) is 9.47 Å². The summed E-state index contributed by atoms with van der Waals surface area (Å²) in [5.74, 6) is -0.794. The lowest BCUT2D eigenvalue weighted by molar-refractivity contribution is -0.145. The topological polar surface area (TPSA) is 84.9 Å². The van der Waals surface area contributed by atoms with E-state index >= 15 is 0 Å².